The number of hydrogen-bond acceptors (Lipinski definition) is 2. The van der Waals surface area contributed by atoms with E-state index in [0.717, 1.165) is 5.56 Å². The Balaban J connectivity index is 2.20. The fourth-order valence-corrected chi connectivity index (χ4v) is 3.33. The summed E-state index contributed by atoms with van der Waals surface area (Å²) in [6.45, 7) is 6.77. The van der Waals surface area contributed by atoms with Crippen LogP contribution in [0.2, 0.25) is 19.6 Å². The summed E-state index contributed by atoms with van der Waals surface area (Å²) in [6, 6.07) is 6.42. The molecule has 0 aromatic heterocycles. The lowest BCUT2D eigenvalue weighted by molar-refractivity contribution is -0.142. The predicted octanol–water partition coefficient (Wildman–Crippen LogP) is 3.76. The molecule has 0 bridgehead atoms. The summed E-state index contributed by atoms with van der Waals surface area (Å²) in [7, 11) is 0.132. The molecule has 0 saturated heterocycles. The van der Waals surface area contributed by atoms with Crippen molar-refractivity contribution >= 4 is 14.0 Å². The molecule has 0 N–H and O–H groups in total. The van der Waals surface area contributed by atoms with Crippen molar-refractivity contribution in [2.75, 3.05) is 7.11 Å². The number of benzene rings is 1. The zero-order valence-corrected chi connectivity index (χ0v) is 13.4. The van der Waals surface area contributed by atoms with Crippen molar-refractivity contribution in [2.45, 2.75) is 25.6 Å². The molecule has 1 aromatic rings. The van der Waals surface area contributed by atoms with Crippen molar-refractivity contribution in [3.8, 4) is 0 Å². The minimum Gasteiger partial charge on any atom is -0.469 e. The molecule has 1 saturated carbocycles. The highest BCUT2D eigenvalue weighted by Crippen LogP contribution is 2.55. The number of methoxy groups -OCH3 is 1. The summed E-state index contributed by atoms with van der Waals surface area (Å²) in [4.78, 5) is 11.8. The highest BCUT2D eigenvalue weighted by molar-refractivity contribution is 6.80. The van der Waals surface area contributed by atoms with Crippen LogP contribution in [0.15, 0.2) is 36.0 Å². The lowest BCUT2D eigenvalue weighted by atomic mass is 10.1. The van der Waals surface area contributed by atoms with Crippen molar-refractivity contribution in [2.24, 2.45) is 11.8 Å². The van der Waals surface area contributed by atoms with Crippen LogP contribution in [0.4, 0.5) is 4.39 Å². The Morgan fingerprint density at radius 3 is 2.35 bits per heavy atom. The Bertz CT molecular complexity index is 516. The summed E-state index contributed by atoms with van der Waals surface area (Å²) in [6.07, 6.45) is 2.15. The van der Waals surface area contributed by atoms with Crippen LogP contribution in [0.5, 0.6) is 0 Å². The molecule has 20 heavy (non-hydrogen) atoms. The van der Waals surface area contributed by atoms with E-state index in [9.17, 15) is 9.18 Å². The Morgan fingerprint density at radius 2 is 1.85 bits per heavy atom. The van der Waals surface area contributed by atoms with Crippen LogP contribution in [0.3, 0.4) is 0 Å². The first-order chi connectivity index (χ1) is 9.33. The zero-order chi connectivity index (χ0) is 14.9. The third kappa shape index (κ3) is 3.36. The SMILES string of the molecule is COC(=O)[C@@H]1[C@H](/C=C/[Si](C)(C)C)[C@H]1c1ccc(F)cc1. The smallest absolute Gasteiger partial charge is 0.309 e. The summed E-state index contributed by atoms with van der Waals surface area (Å²) in [5.41, 5.74) is 3.27. The van der Waals surface area contributed by atoms with E-state index in [1.54, 1.807) is 12.1 Å². The third-order valence-corrected chi connectivity index (χ3v) is 4.81. The summed E-state index contributed by atoms with van der Waals surface area (Å²) >= 11 is 0. The Morgan fingerprint density at radius 1 is 1.25 bits per heavy atom. The van der Waals surface area contributed by atoms with Gasteiger partial charge in [0.05, 0.1) is 21.1 Å². The van der Waals surface area contributed by atoms with Crippen molar-refractivity contribution in [1.29, 1.82) is 0 Å². The second-order valence-electron chi connectivity index (χ2n) is 6.43. The van der Waals surface area contributed by atoms with Gasteiger partial charge in [0.1, 0.15) is 5.82 Å². The van der Waals surface area contributed by atoms with Crippen molar-refractivity contribution in [1.82, 2.24) is 0 Å². The number of rotatable bonds is 4. The van der Waals surface area contributed by atoms with Gasteiger partial charge in [0.2, 0.25) is 0 Å². The van der Waals surface area contributed by atoms with Crippen LogP contribution in [0, 0.1) is 17.7 Å². The van der Waals surface area contributed by atoms with E-state index in [1.807, 2.05) is 0 Å². The largest absolute Gasteiger partial charge is 0.469 e. The summed E-state index contributed by atoms with van der Waals surface area (Å²) in [5.74, 6) is -0.254. The van der Waals surface area contributed by atoms with Gasteiger partial charge in [-0.3, -0.25) is 4.79 Å². The van der Waals surface area contributed by atoms with Gasteiger partial charge in [-0.1, -0.05) is 43.5 Å². The van der Waals surface area contributed by atoms with Crippen LogP contribution in [0.25, 0.3) is 0 Å². The summed E-state index contributed by atoms with van der Waals surface area (Å²) < 4.78 is 17.9. The molecule has 0 amide bonds. The molecular formula is C16H21FO2Si. The van der Waals surface area contributed by atoms with E-state index in [2.05, 4.69) is 31.4 Å². The molecule has 1 aliphatic carbocycles. The molecule has 1 aliphatic rings. The standard InChI is InChI=1S/C16H21FO2Si/c1-19-16(18)15-13(9-10-20(2,3)4)14(15)11-5-7-12(17)8-6-11/h5-10,13-15H,1-4H3/b10-9+/t13-,14-,15-/m1/s1. The molecular weight excluding hydrogens is 271 g/mol. The van der Waals surface area contributed by atoms with Crippen LogP contribution in [0.1, 0.15) is 11.5 Å². The van der Waals surface area contributed by atoms with Crippen molar-refractivity contribution in [3.63, 3.8) is 0 Å². The third-order valence-electron chi connectivity index (χ3n) is 3.62. The molecule has 3 atom stereocenters. The number of esters is 1. The Labute approximate surface area is 120 Å². The molecule has 0 heterocycles. The fraction of sp³-hybridized carbons (Fsp3) is 0.438. The lowest BCUT2D eigenvalue weighted by Crippen LogP contribution is -2.15. The molecule has 4 heteroatoms. The zero-order valence-electron chi connectivity index (χ0n) is 12.4. The van der Waals surface area contributed by atoms with Gasteiger partial charge in [-0.15, -0.1) is 0 Å². The first kappa shape index (κ1) is 15.0. The molecule has 0 unspecified atom stereocenters. The highest BCUT2D eigenvalue weighted by atomic mass is 28.3. The average molecular weight is 292 g/mol. The first-order valence-corrected chi connectivity index (χ1v) is 10.4. The van der Waals surface area contributed by atoms with Crippen LogP contribution < -0.4 is 0 Å². The normalized spacial score (nSPS) is 25.8. The monoisotopic (exact) mass is 292 g/mol. The number of carbonyl (C=O) groups excluding carboxylic acids is 1. The first-order valence-electron chi connectivity index (χ1n) is 6.86. The van der Waals surface area contributed by atoms with Gasteiger partial charge in [-0.2, -0.15) is 0 Å². The van der Waals surface area contributed by atoms with Gasteiger partial charge < -0.3 is 4.74 Å². The van der Waals surface area contributed by atoms with Crippen molar-refractivity contribution < 1.29 is 13.9 Å². The fourth-order valence-electron chi connectivity index (χ4n) is 2.53. The van der Waals surface area contributed by atoms with E-state index in [-0.39, 0.29) is 29.5 Å². The van der Waals surface area contributed by atoms with Gasteiger partial charge in [-0.05, 0) is 23.6 Å². The average Bonchev–Trinajstić information content (AvgIpc) is 3.10. The Kier molecular flexibility index (Phi) is 4.13. The molecule has 0 aliphatic heterocycles. The second kappa shape index (κ2) is 5.52. The van der Waals surface area contributed by atoms with Gasteiger partial charge in [0, 0.05) is 5.92 Å². The molecule has 108 valence electrons. The van der Waals surface area contributed by atoms with Gasteiger partial charge in [0.25, 0.3) is 0 Å². The molecule has 2 rings (SSSR count). The van der Waals surface area contributed by atoms with Crippen LogP contribution >= 0.6 is 0 Å². The maximum absolute atomic E-state index is 13.0. The number of allylic oxidation sites excluding steroid dienone is 1. The van der Waals surface area contributed by atoms with Crippen LogP contribution in [-0.2, 0) is 9.53 Å². The van der Waals surface area contributed by atoms with E-state index in [0.29, 0.717) is 0 Å². The van der Waals surface area contributed by atoms with Crippen LogP contribution in [-0.4, -0.2) is 21.2 Å². The van der Waals surface area contributed by atoms with Gasteiger partial charge in [-0.25, -0.2) is 4.39 Å². The lowest BCUT2D eigenvalue weighted by Gasteiger charge is -2.07. The molecule has 1 aromatic carbocycles. The van der Waals surface area contributed by atoms with Crippen molar-refractivity contribution in [3.05, 3.63) is 47.4 Å². The Hall–Kier alpha value is -1.42. The molecule has 2 nitrogen and oxygen atoms in total. The van der Waals surface area contributed by atoms with E-state index in [1.165, 1.54) is 19.2 Å². The van der Waals surface area contributed by atoms with Gasteiger partial charge in [0.15, 0.2) is 0 Å². The quantitative estimate of drug-likeness (QED) is 0.624. The molecule has 0 radical (unpaired) electrons. The minimum absolute atomic E-state index is 0.121. The van der Waals surface area contributed by atoms with E-state index >= 15 is 0 Å². The number of carbonyl (C=O) groups is 1. The molecule has 1 fully saturated rings. The van der Waals surface area contributed by atoms with E-state index < -0.39 is 8.07 Å². The maximum Gasteiger partial charge on any atom is 0.309 e. The van der Waals surface area contributed by atoms with E-state index in [4.69, 9.17) is 4.74 Å². The number of ether oxygens (including phenoxy) is 1. The minimum atomic E-state index is -1.29. The predicted molar refractivity (Wildman–Crippen MR) is 80.6 cm³/mol. The topological polar surface area (TPSA) is 26.3 Å². The summed E-state index contributed by atoms with van der Waals surface area (Å²) in [5, 5.41) is 0. The second-order valence-corrected chi connectivity index (χ2v) is 11.5. The molecule has 0 spiro atoms. The maximum atomic E-state index is 13.0. The number of hydrogen-bond donors (Lipinski definition) is 0. The van der Waals surface area contributed by atoms with Gasteiger partial charge >= 0.3 is 5.97 Å². The highest BCUT2D eigenvalue weighted by Gasteiger charge is 2.54. The number of halogens is 1.